The smallest absolute Gasteiger partial charge is 0.273 e. The molecule has 1 saturated heterocycles. The third-order valence-corrected chi connectivity index (χ3v) is 7.88. The van der Waals surface area contributed by atoms with Gasteiger partial charge in [0.05, 0.1) is 33.2 Å². The summed E-state index contributed by atoms with van der Waals surface area (Å²) in [5.74, 6) is -0.392. The summed E-state index contributed by atoms with van der Waals surface area (Å²) in [5, 5.41) is 11.8. The van der Waals surface area contributed by atoms with Crippen molar-refractivity contribution in [3.05, 3.63) is 57.6 Å². The number of anilines is 1. The quantitative estimate of drug-likeness (QED) is 0.355. The number of nitro groups is 1. The predicted octanol–water partition coefficient (Wildman–Crippen LogP) is 2.90. The Morgan fingerprint density at radius 2 is 2.00 bits per heavy atom. The number of sulfone groups is 1. The summed E-state index contributed by atoms with van der Waals surface area (Å²) >= 11 is 1.21. The molecular formula is C22H24N4O6S2. The van der Waals surface area contributed by atoms with Crippen molar-refractivity contribution in [2.45, 2.75) is 11.8 Å². The van der Waals surface area contributed by atoms with E-state index in [1.165, 1.54) is 34.4 Å². The van der Waals surface area contributed by atoms with Crippen LogP contribution in [0.15, 0.2) is 41.3 Å². The number of hydrogen-bond acceptors (Lipinski definition) is 9. The number of aromatic nitrogens is 1. The molecule has 0 N–H and O–H groups in total. The lowest BCUT2D eigenvalue weighted by Gasteiger charge is -2.29. The van der Waals surface area contributed by atoms with E-state index >= 15 is 0 Å². The molecule has 1 aliphatic heterocycles. The molecular weight excluding hydrogens is 480 g/mol. The Kier molecular flexibility index (Phi) is 6.94. The summed E-state index contributed by atoms with van der Waals surface area (Å²) in [5.41, 5.74) is 0.968. The highest BCUT2D eigenvalue weighted by molar-refractivity contribution is 7.90. The second kappa shape index (κ2) is 9.74. The highest BCUT2D eigenvalue weighted by Crippen LogP contribution is 2.32. The Morgan fingerprint density at radius 3 is 2.68 bits per heavy atom. The molecule has 1 aliphatic rings. The maximum atomic E-state index is 13.6. The molecule has 1 amide bonds. The topological polar surface area (TPSA) is 123 Å². The normalized spacial score (nSPS) is 14.9. The van der Waals surface area contributed by atoms with Gasteiger partial charge in [-0.2, -0.15) is 0 Å². The monoisotopic (exact) mass is 504 g/mol. The first-order valence-corrected chi connectivity index (χ1v) is 13.3. The maximum Gasteiger partial charge on any atom is 0.273 e. The lowest BCUT2D eigenvalue weighted by molar-refractivity contribution is -0.385. The molecule has 2 aromatic carbocycles. The van der Waals surface area contributed by atoms with E-state index in [0.717, 1.165) is 19.3 Å². The Bertz CT molecular complexity index is 1350. The van der Waals surface area contributed by atoms with Gasteiger partial charge in [-0.15, -0.1) is 0 Å². The van der Waals surface area contributed by atoms with Crippen LogP contribution in [0.3, 0.4) is 0 Å². The van der Waals surface area contributed by atoms with Gasteiger partial charge in [-0.1, -0.05) is 17.4 Å². The molecule has 0 atom stereocenters. The second-order valence-corrected chi connectivity index (χ2v) is 11.0. The van der Waals surface area contributed by atoms with E-state index in [2.05, 4.69) is 9.88 Å². The number of carbonyl (C=O) groups excluding carboxylic acids is 1. The van der Waals surface area contributed by atoms with E-state index in [0.29, 0.717) is 41.7 Å². The maximum absolute atomic E-state index is 13.6. The predicted molar refractivity (Wildman–Crippen MR) is 129 cm³/mol. The molecule has 180 valence electrons. The average Bonchev–Trinajstić information content (AvgIpc) is 3.22. The van der Waals surface area contributed by atoms with Crippen LogP contribution in [-0.4, -0.2) is 74.8 Å². The molecule has 2 heterocycles. The van der Waals surface area contributed by atoms with Crippen LogP contribution >= 0.6 is 11.3 Å². The fourth-order valence-electron chi connectivity index (χ4n) is 3.79. The molecule has 12 heteroatoms. The second-order valence-electron chi connectivity index (χ2n) is 8.02. The van der Waals surface area contributed by atoms with Gasteiger partial charge in [-0.25, -0.2) is 13.4 Å². The first kappa shape index (κ1) is 24.2. The molecule has 1 aromatic heterocycles. The zero-order valence-corrected chi connectivity index (χ0v) is 20.4. The molecule has 0 saturated carbocycles. The SMILES string of the molecule is Cc1c(C(=O)N(CCN2CCOCC2)c2nc3ccc(S(C)(=O)=O)cc3s2)cccc1[N+](=O)[O-]. The number of hydrogen-bond donors (Lipinski definition) is 0. The van der Waals surface area contributed by atoms with Crippen molar-refractivity contribution in [2.24, 2.45) is 0 Å². The van der Waals surface area contributed by atoms with E-state index in [9.17, 15) is 23.3 Å². The highest BCUT2D eigenvalue weighted by Gasteiger charge is 2.26. The fraction of sp³-hybridized carbons (Fsp3) is 0.364. The lowest BCUT2D eigenvalue weighted by Crippen LogP contribution is -2.43. The number of thiazole rings is 1. The number of morpholine rings is 1. The van der Waals surface area contributed by atoms with Crippen molar-refractivity contribution in [3.8, 4) is 0 Å². The molecule has 0 spiro atoms. The average molecular weight is 505 g/mol. The van der Waals surface area contributed by atoms with Gasteiger partial charge in [0.15, 0.2) is 15.0 Å². The van der Waals surface area contributed by atoms with Gasteiger partial charge in [0, 0.05) is 49.6 Å². The van der Waals surface area contributed by atoms with E-state index < -0.39 is 20.7 Å². The molecule has 3 aromatic rings. The van der Waals surface area contributed by atoms with Gasteiger partial charge < -0.3 is 4.74 Å². The molecule has 0 radical (unpaired) electrons. The molecule has 0 unspecified atom stereocenters. The van der Waals surface area contributed by atoms with Crippen LogP contribution in [0.4, 0.5) is 10.8 Å². The zero-order valence-electron chi connectivity index (χ0n) is 18.8. The Balaban J connectivity index is 1.73. The van der Waals surface area contributed by atoms with Gasteiger partial charge in [0.1, 0.15) is 0 Å². The van der Waals surface area contributed by atoms with Crippen LogP contribution < -0.4 is 4.90 Å². The minimum absolute atomic E-state index is 0.124. The molecule has 10 nitrogen and oxygen atoms in total. The van der Waals surface area contributed by atoms with E-state index in [-0.39, 0.29) is 21.7 Å². The molecule has 4 rings (SSSR count). The molecule has 0 bridgehead atoms. The standard InChI is InChI=1S/C22H24N4O6S2/c1-15-17(4-3-5-19(15)26(28)29)21(27)25(9-8-24-10-12-32-13-11-24)22-23-18-7-6-16(34(2,30)31)14-20(18)33-22/h3-7,14H,8-13H2,1-2H3. The van der Waals surface area contributed by atoms with Crippen LogP contribution in [0.25, 0.3) is 10.2 Å². The number of amides is 1. The Labute approximate surface area is 200 Å². The van der Waals surface area contributed by atoms with Gasteiger partial charge >= 0.3 is 0 Å². The third-order valence-electron chi connectivity index (χ3n) is 5.73. The summed E-state index contributed by atoms with van der Waals surface area (Å²) in [7, 11) is -3.39. The summed E-state index contributed by atoms with van der Waals surface area (Å²) in [6.07, 6.45) is 1.14. The van der Waals surface area contributed by atoms with Gasteiger partial charge in [-0.05, 0) is 31.2 Å². The van der Waals surface area contributed by atoms with Gasteiger partial charge in [-0.3, -0.25) is 24.7 Å². The van der Waals surface area contributed by atoms with Crippen LogP contribution in [0.2, 0.25) is 0 Å². The molecule has 34 heavy (non-hydrogen) atoms. The first-order chi connectivity index (χ1) is 16.1. The summed E-state index contributed by atoms with van der Waals surface area (Å²) in [4.78, 5) is 33.0. The number of ether oxygens (including phenoxy) is 1. The van der Waals surface area contributed by atoms with Gasteiger partial charge in [0.25, 0.3) is 11.6 Å². The number of carbonyl (C=O) groups is 1. The van der Waals surface area contributed by atoms with Crippen LogP contribution in [0.1, 0.15) is 15.9 Å². The van der Waals surface area contributed by atoms with E-state index in [4.69, 9.17) is 4.74 Å². The fourth-order valence-corrected chi connectivity index (χ4v) is 5.54. The molecule has 0 aliphatic carbocycles. The van der Waals surface area contributed by atoms with Crippen molar-refractivity contribution >= 4 is 48.1 Å². The summed E-state index contributed by atoms with van der Waals surface area (Å²) in [6.45, 7) is 5.18. The van der Waals surface area contributed by atoms with Gasteiger partial charge in [0.2, 0.25) is 0 Å². The summed E-state index contributed by atoms with van der Waals surface area (Å²) in [6, 6.07) is 9.10. The third kappa shape index (κ3) is 5.09. The highest BCUT2D eigenvalue weighted by atomic mass is 32.2. The van der Waals surface area contributed by atoms with Crippen molar-refractivity contribution < 1.29 is 22.9 Å². The van der Waals surface area contributed by atoms with Crippen LogP contribution in [0.5, 0.6) is 0 Å². The number of nitrogens with zero attached hydrogens (tertiary/aromatic N) is 4. The first-order valence-electron chi connectivity index (χ1n) is 10.6. The van der Waals surface area contributed by atoms with Crippen LogP contribution in [0, 0.1) is 17.0 Å². The minimum atomic E-state index is -3.39. The number of nitro benzene ring substituents is 1. The van der Waals surface area contributed by atoms with E-state index in [1.54, 1.807) is 25.1 Å². The summed E-state index contributed by atoms with van der Waals surface area (Å²) < 4.78 is 30.0. The largest absolute Gasteiger partial charge is 0.379 e. The Hall–Kier alpha value is -2.93. The number of fused-ring (bicyclic) bond motifs is 1. The number of benzene rings is 2. The van der Waals surface area contributed by atoms with Crippen molar-refractivity contribution in [2.75, 3.05) is 50.5 Å². The minimum Gasteiger partial charge on any atom is -0.379 e. The Morgan fingerprint density at radius 1 is 1.26 bits per heavy atom. The molecule has 1 fully saturated rings. The lowest BCUT2D eigenvalue weighted by atomic mass is 10.1. The van der Waals surface area contributed by atoms with Crippen molar-refractivity contribution in [1.29, 1.82) is 0 Å². The number of rotatable bonds is 7. The van der Waals surface area contributed by atoms with E-state index in [1.807, 2.05) is 0 Å². The van der Waals surface area contributed by atoms with Crippen LogP contribution in [-0.2, 0) is 14.6 Å². The zero-order chi connectivity index (χ0) is 24.5. The van der Waals surface area contributed by atoms with Crippen molar-refractivity contribution in [1.82, 2.24) is 9.88 Å². The van der Waals surface area contributed by atoms with Crippen molar-refractivity contribution in [3.63, 3.8) is 0 Å².